The fraction of sp³-hybridized carbons (Fsp3) is 0.435. The number of nitrogens with one attached hydrogen (secondary N) is 2. The first-order valence-corrected chi connectivity index (χ1v) is 9.82. The number of carbonyl (C=O) groups is 1. The van der Waals surface area contributed by atoms with Crippen molar-refractivity contribution in [1.29, 1.82) is 0 Å². The Labute approximate surface area is 173 Å². The Morgan fingerprint density at radius 1 is 1.07 bits per heavy atom. The van der Waals surface area contributed by atoms with Crippen molar-refractivity contribution in [3.63, 3.8) is 0 Å². The van der Waals surface area contributed by atoms with E-state index in [4.69, 9.17) is 9.47 Å². The van der Waals surface area contributed by atoms with Crippen LogP contribution in [0.1, 0.15) is 31.9 Å². The van der Waals surface area contributed by atoms with Gasteiger partial charge in [0.1, 0.15) is 11.4 Å². The van der Waals surface area contributed by atoms with Gasteiger partial charge in [-0.15, -0.1) is 0 Å². The van der Waals surface area contributed by atoms with Crippen molar-refractivity contribution in [2.45, 2.75) is 51.5 Å². The third kappa shape index (κ3) is 8.13. The minimum absolute atomic E-state index is 0.311. The van der Waals surface area contributed by atoms with Gasteiger partial charge in [0, 0.05) is 18.7 Å². The number of alkyl carbamates (subject to hydrolysis) is 1. The molecule has 6 heteroatoms. The Balaban J connectivity index is 1.99. The van der Waals surface area contributed by atoms with Crippen LogP contribution in [0.15, 0.2) is 54.6 Å². The smallest absolute Gasteiger partial charge is 0.407 e. The van der Waals surface area contributed by atoms with Crippen molar-refractivity contribution in [3.8, 4) is 5.75 Å². The highest BCUT2D eigenvalue weighted by Gasteiger charge is 2.25. The second kappa shape index (κ2) is 10.8. The van der Waals surface area contributed by atoms with E-state index in [-0.39, 0.29) is 0 Å². The molecule has 2 atom stereocenters. The van der Waals surface area contributed by atoms with Crippen LogP contribution in [-0.2, 0) is 17.7 Å². The fourth-order valence-electron chi connectivity index (χ4n) is 2.96. The van der Waals surface area contributed by atoms with E-state index in [1.807, 2.05) is 75.4 Å². The van der Waals surface area contributed by atoms with E-state index in [0.29, 0.717) is 19.5 Å². The van der Waals surface area contributed by atoms with Crippen LogP contribution in [0.3, 0.4) is 0 Å². The van der Waals surface area contributed by atoms with Crippen LogP contribution in [0.4, 0.5) is 4.79 Å². The molecule has 0 radical (unpaired) electrons. The summed E-state index contributed by atoms with van der Waals surface area (Å²) < 4.78 is 10.7. The summed E-state index contributed by atoms with van der Waals surface area (Å²) in [6, 6.07) is 17.0. The lowest BCUT2D eigenvalue weighted by molar-refractivity contribution is 0.0422. The molecular formula is C23H32N2O4. The van der Waals surface area contributed by atoms with Crippen LogP contribution < -0.4 is 15.4 Å². The molecule has 0 aromatic heterocycles. The minimum atomic E-state index is -0.794. The summed E-state index contributed by atoms with van der Waals surface area (Å²) in [6.45, 7) is 6.29. The Morgan fingerprint density at radius 3 is 2.38 bits per heavy atom. The van der Waals surface area contributed by atoms with Crippen molar-refractivity contribution in [3.05, 3.63) is 65.7 Å². The van der Waals surface area contributed by atoms with Crippen LogP contribution in [0, 0.1) is 0 Å². The predicted octanol–water partition coefficient (Wildman–Crippen LogP) is 3.28. The van der Waals surface area contributed by atoms with Gasteiger partial charge in [0.15, 0.2) is 0 Å². The number of hydrogen-bond donors (Lipinski definition) is 3. The summed E-state index contributed by atoms with van der Waals surface area (Å²) in [5.74, 6) is 0.794. The number of para-hydroxylation sites is 1. The van der Waals surface area contributed by atoms with Crippen molar-refractivity contribution in [2.24, 2.45) is 0 Å². The van der Waals surface area contributed by atoms with E-state index in [0.717, 1.165) is 16.9 Å². The number of amides is 1. The Bertz CT molecular complexity index is 759. The number of methoxy groups -OCH3 is 1. The molecule has 3 N–H and O–H groups in total. The SMILES string of the molecule is COc1ccccc1CNC[C@H](O)[C@H](Cc1ccccc1)NC(=O)OC(C)(C)C. The molecule has 0 aliphatic heterocycles. The van der Waals surface area contributed by atoms with Gasteiger partial charge in [-0.05, 0) is 38.8 Å². The van der Waals surface area contributed by atoms with Crippen molar-refractivity contribution < 1.29 is 19.4 Å². The summed E-state index contributed by atoms with van der Waals surface area (Å²) in [7, 11) is 1.63. The zero-order valence-electron chi connectivity index (χ0n) is 17.6. The molecule has 0 saturated carbocycles. The van der Waals surface area contributed by atoms with Crippen LogP contribution in [0.2, 0.25) is 0 Å². The molecular weight excluding hydrogens is 368 g/mol. The fourth-order valence-corrected chi connectivity index (χ4v) is 2.96. The monoisotopic (exact) mass is 400 g/mol. The summed E-state index contributed by atoms with van der Waals surface area (Å²) in [4.78, 5) is 12.3. The molecule has 158 valence electrons. The molecule has 0 heterocycles. The third-order valence-corrected chi connectivity index (χ3v) is 4.33. The lowest BCUT2D eigenvalue weighted by Gasteiger charge is -2.27. The molecule has 0 unspecified atom stereocenters. The number of ether oxygens (including phenoxy) is 2. The maximum absolute atomic E-state index is 12.3. The van der Waals surface area contributed by atoms with Gasteiger partial charge in [-0.25, -0.2) is 4.79 Å². The van der Waals surface area contributed by atoms with Crippen molar-refractivity contribution >= 4 is 6.09 Å². The van der Waals surface area contributed by atoms with Gasteiger partial charge in [-0.3, -0.25) is 0 Å². The van der Waals surface area contributed by atoms with E-state index in [9.17, 15) is 9.90 Å². The second-order valence-corrected chi connectivity index (χ2v) is 7.95. The number of aliphatic hydroxyl groups excluding tert-OH is 1. The first kappa shape index (κ1) is 22.7. The number of hydrogen-bond acceptors (Lipinski definition) is 5. The molecule has 0 spiro atoms. The highest BCUT2D eigenvalue weighted by atomic mass is 16.6. The van der Waals surface area contributed by atoms with Gasteiger partial charge < -0.3 is 25.2 Å². The van der Waals surface area contributed by atoms with E-state index in [1.165, 1.54) is 0 Å². The van der Waals surface area contributed by atoms with Crippen LogP contribution in [-0.4, -0.2) is 42.6 Å². The zero-order chi connectivity index (χ0) is 21.3. The van der Waals surface area contributed by atoms with Gasteiger partial charge >= 0.3 is 6.09 Å². The first-order valence-electron chi connectivity index (χ1n) is 9.82. The average molecular weight is 401 g/mol. The Kier molecular flexibility index (Phi) is 8.49. The van der Waals surface area contributed by atoms with Gasteiger partial charge in [0.2, 0.25) is 0 Å². The van der Waals surface area contributed by atoms with Crippen LogP contribution >= 0.6 is 0 Å². The van der Waals surface area contributed by atoms with Gasteiger partial charge in [-0.2, -0.15) is 0 Å². The maximum atomic E-state index is 12.3. The molecule has 1 amide bonds. The first-order chi connectivity index (χ1) is 13.8. The quantitative estimate of drug-likeness (QED) is 0.602. The Hall–Kier alpha value is -2.57. The number of aliphatic hydroxyl groups is 1. The molecule has 29 heavy (non-hydrogen) atoms. The maximum Gasteiger partial charge on any atom is 0.407 e. The Morgan fingerprint density at radius 2 is 1.72 bits per heavy atom. The molecule has 0 saturated heterocycles. The lowest BCUT2D eigenvalue weighted by Crippen LogP contribution is -2.49. The van der Waals surface area contributed by atoms with Crippen LogP contribution in [0.5, 0.6) is 5.75 Å². The standard InChI is InChI=1S/C23H32N2O4/c1-23(2,3)29-22(27)25-19(14-17-10-6-5-7-11-17)20(26)16-24-15-18-12-8-9-13-21(18)28-4/h5-13,19-20,24,26H,14-16H2,1-4H3,(H,25,27)/t19-,20-/m0/s1. The van der Waals surface area contributed by atoms with Gasteiger partial charge in [-0.1, -0.05) is 48.5 Å². The molecule has 0 aliphatic rings. The van der Waals surface area contributed by atoms with E-state index in [1.54, 1.807) is 7.11 Å². The van der Waals surface area contributed by atoms with E-state index in [2.05, 4.69) is 10.6 Å². The topological polar surface area (TPSA) is 79.8 Å². The van der Waals surface area contributed by atoms with E-state index < -0.39 is 23.8 Å². The molecule has 2 aromatic rings. The van der Waals surface area contributed by atoms with E-state index >= 15 is 0 Å². The number of benzene rings is 2. The van der Waals surface area contributed by atoms with Gasteiger partial charge in [0.05, 0.1) is 19.3 Å². The molecule has 2 rings (SSSR count). The third-order valence-electron chi connectivity index (χ3n) is 4.33. The molecule has 0 fully saturated rings. The predicted molar refractivity (Wildman–Crippen MR) is 114 cm³/mol. The normalized spacial score (nSPS) is 13.4. The highest BCUT2D eigenvalue weighted by molar-refractivity contribution is 5.68. The number of carbonyl (C=O) groups excluding carboxylic acids is 1. The van der Waals surface area contributed by atoms with Crippen molar-refractivity contribution in [1.82, 2.24) is 10.6 Å². The van der Waals surface area contributed by atoms with Crippen molar-refractivity contribution in [2.75, 3.05) is 13.7 Å². The highest BCUT2D eigenvalue weighted by Crippen LogP contribution is 2.17. The largest absolute Gasteiger partial charge is 0.496 e. The molecule has 6 nitrogen and oxygen atoms in total. The molecule has 0 aliphatic carbocycles. The second-order valence-electron chi connectivity index (χ2n) is 7.95. The average Bonchev–Trinajstić information content (AvgIpc) is 2.67. The zero-order valence-corrected chi connectivity index (χ0v) is 17.6. The lowest BCUT2D eigenvalue weighted by atomic mass is 10.0. The number of rotatable bonds is 9. The van der Waals surface area contributed by atoms with Crippen LogP contribution in [0.25, 0.3) is 0 Å². The van der Waals surface area contributed by atoms with Gasteiger partial charge in [0.25, 0.3) is 0 Å². The molecule has 2 aromatic carbocycles. The summed E-state index contributed by atoms with van der Waals surface area (Å²) in [5, 5.41) is 16.8. The molecule has 0 bridgehead atoms. The summed E-state index contributed by atoms with van der Waals surface area (Å²) >= 11 is 0. The minimum Gasteiger partial charge on any atom is -0.496 e. The summed E-state index contributed by atoms with van der Waals surface area (Å²) in [6.07, 6.45) is -0.836. The summed E-state index contributed by atoms with van der Waals surface area (Å²) in [5.41, 5.74) is 1.42.